The van der Waals surface area contributed by atoms with Crippen LogP contribution in [0.15, 0.2) is 61.3 Å². The van der Waals surface area contributed by atoms with Crippen molar-refractivity contribution in [2.24, 2.45) is 0 Å². The van der Waals surface area contributed by atoms with E-state index in [2.05, 4.69) is 19.9 Å². The molecule has 0 aromatic carbocycles. The lowest BCUT2D eigenvalue weighted by molar-refractivity contribution is 0.0772. The first-order valence-electron chi connectivity index (χ1n) is 8.47. The van der Waals surface area contributed by atoms with Gasteiger partial charge in [-0.25, -0.2) is 15.0 Å². The van der Waals surface area contributed by atoms with Crippen molar-refractivity contribution in [1.82, 2.24) is 24.8 Å². The maximum Gasteiger partial charge on any atom is 0.255 e. The average molecular weight is 348 g/mol. The maximum atomic E-state index is 12.5. The van der Waals surface area contributed by atoms with Crippen molar-refractivity contribution in [2.45, 2.75) is 13.8 Å². The summed E-state index contributed by atoms with van der Waals surface area (Å²) in [5.41, 5.74) is 0.553. The molecule has 3 heterocycles. The Hall–Kier alpha value is -3.35. The fraction of sp³-hybridized carbons (Fsp3) is 0.211. The number of amides is 1. The van der Waals surface area contributed by atoms with Gasteiger partial charge >= 0.3 is 0 Å². The molecule has 0 saturated heterocycles. The van der Waals surface area contributed by atoms with E-state index >= 15 is 0 Å². The molecule has 0 aliphatic rings. The summed E-state index contributed by atoms with van der Waals surface area (Å²) in [4.78, 5) is 33.4. The van der Waals surface area contributed by atoms with Crippen molar-refractivity contribution in [1.29, 1.82) is 0 Å². The summed E-state index contributed by atoms with van der Waals surface area (Å²) in [6.45, 7) is 5.24. The Morgan fingerprint density at radius 1 is 0.846 bits per heavy atom. The predicted octanol–water partition coefficient (Wildman–Crippen LogP) is 3.22. The summed E-state index contributed by atoms with van der Waals surface area (Å²) in [5, 5.41) is 0. The molecular weight excluding hydrogens is 328 g/mol. The van der Waals surface area contributed by atoms with Gasteiger partial charge in [0.25, 0.3) is 5.91 Å². The van der Waals surface area contributed by atoms with Crippen LogP contribution < -0.4 is 4.90 Å². The second-order valence-corrected chi connectivity index (χ2v) is 5.47. The molecule has 3 aromatic rings. The van der Waals surface area contributed by atoms with E-state index in [4.69, 9.17) is 0 Å². The zero-order chi connectivity index (χ0) is 18.4. The van der Waals surface area contributed by atoms with Gasteiger partial charge in [0, 0.05) is 37.9 Å². The van der Waals surface area contributed by atoms with E-state index in [-0.39, 0.29) is 5.91 Å². The van der Waals surface area contributed by atoms with E-state index in [0.29, 0.717) is 36.1 Å². The zero-order valence-electron chi connectivity index (χ0n) is 14.8. The Labute approximate surface area is 152 Å². The van der Waals surface area contributed by atoms with Gasteiger partial charge in [-0.1, -0.05) is 6.07 Å². The number of rotatable bonds is 6. The average Bonchev–Trinajstić information content (AvgIpc) is 2.71. The second-order valence-electron chi connectivity index (χ2n) is 5.47. The fourth-order valence-corrected chi connectivity index (χ4v) is 2.58. The Kier molecular flexibility index (Phi) is 5.48. The van der Waals surface area contributed by atoms with Crippen LogP contribution in [0.4, 0.5) is 17.5 Å². The van der Waals surface area contributed by atoms with Gasteiger partial charge in [0.2, 0.25) is 0 Å². The number of hydrogen-bond donors (Lipinski definition) is 0. The highest BCUT2D eigenvalue weighted by Gasteiger charge is 2.18. The van der Waals surface area contributed by atoms with Crippen LogP contribution in [0.2, 0.25) is 0 Å². The SMILES string of the molecule is CCN(CC)C(=O)c1ccc(N(c2ccccn2)c2cnccn2)nc1. The summed E-state index contributed by atoms with van der Waals surface area (Å²) in [6, 6.07) is 9.17. The molecule has 0 saturated carbocycles. The molecule has 3 aromatic heterocycles. The van der Waals surface area contributed by atoms with E-state index in [1.54, 1.807) is 52.9 Å². The molecule has 132 valence electrons. The summed E-state index contributed by atoms with van der Waals surface area (Å²) < 4.78 is 0. The summed E-state index contributed by atoms with van der Waals surface area (Å²) in [7, 11) is 0. The number of nitrogens with zero attached hydrogens (tertiary/aromatic N) is 6. The number of carbonyl (C=O) groups is 1. The van der Waals surface area contributed by atoms with Crippen molar-refractivity contribution in [3.63, 3.8) is 0 Å². The third kappa shape index (κ3) is 3.66. The lowest BCUT2D eigenvalue weighted by Crippen LogP contribution is -2.30. The first-order chi connectivity index (χ1) is 12.7. The maximum absolute atomic E-state index is 12.5. The molecule has 0 N–H and O–H groups in total. The molecule has 7 heteroatoms. The fourth-order valence-electron chi connectivity index (χ4n) is 2.58. The minimum atomic E-state index is -0.0297. The lowest BCUT2D eigenvalue weighted by Gasteiger charge is -2.22. The van der Waals surface area contributed by atoms with E-state index in [1.807, 2.05) is 32.0 Å². The number of anilines is 3. The lowest BCUT2D eigenvalue weighted by atomic mass is 10.2. The van der Waals surface area contributed by atoms with Crippen LogP contribution in [-0.4, -0.2) is 43.8 Å². The highest BCUT2D eigenvalue weighted by molar-refractivity contribution is 5.94. The van der Waals surface area contributed by atoms with E-state index < -0.39 is 0 Å². The number of aromatic nitrogens is 4. The molecule has 0 aliphatic carbocycles. The van der Waals surface area contributed by atoms with Gasteiger partial charge in [-0.15, -0.1) is 0 Å². The molecule has 0 radical (unpaired) electrons. The van der Waals surface area contributed by atoms with Crippen LogP contribution in [0.1, 0.15) is 24.2 Å². The third-order valence-corrected chi connectivity index (χ3v) is 3.93. The largest absolute Gasteiger partial charge is 0.339 e. The van der Waals surface area contributed by atoms with Crippen molar-refractivity contribution in [3.05, 3.63) is 66.9 Å². The molecule has 0 atom stereocenters. The Balaban J connectivity index is 1.97. The molecule has 1 amide bonds. The first-order valence-corrected chi connectivity index (χ1v) is 8.47. The summed E-state index contributed by atoms with van der Waals surface area (Å²) in [6.07, 6.45) is 8.16. The summed E-state index contributed by atoms with van der Waals surface area (Å²) in [5.74, 6) is 1.85. The first kappa shape index (κ1) is 17.5. The Morgan fingerprint density at radius 2 is 1.62 bits per heavy atom. The normalized spacial score (nSPS) is 10.4. The van der Waals surface area contributed by atoms with Gasteiger partial charge in [0.15, 0.2) is 5.82 Å². The molecule has 3 rings (SSSR count). The highest BCUT2D eigenvalue weighted by atomic mass is 16.2. The molecule has 26 heavy (non-hydrogen) atoms. The van der Waals surface area contributed by atoms with Crippen molar-refractivity contribution < 1.29 is 4.79 Å². The third-order valence-electron chi connectivity index (χ3n) is 3.93. The molecule has 7 nitrogen and oxygen atoms in total. The molecular formula is C19H20N6O. The minimum Gasteiger partial charge on any atom is -0.339 e. The van der Waals surface area contributed by atoms with Crippen LogP contribution in [0.5, 0.6) is 0 Å². The van der Waals surface area contributed by atoms with Crippen LogP contribution in [0.3, 0.4) is 0 Å². The van der Waals surface area contributed by atoms with Crippen LogP contribution in [-0.2, 0) is 0 Å². The van der Waals surface area contributed by atoms with E-state index in [1.165, 1.54) is 0 Å². The topological polar surface area (TPSA) is 75.1 Å². The Bertz CT molecular complexity index is 795. The predicted molar refractivity (Wildman–Crippen MR) is 99.6 cm³/mol. The number of hydrogen-bond acceptors (Lipinski definition) is 6. The van der Waals surface area contributed by atoms with Crippen LogP contribution >= 0.6 is 0 Å². The minimum absolute atomic E-state index is 0.0297. The Morgan fingerprint density at radius 3 is 2.19 bits per heavy atom. The zero-order valence-corrected chi connectivity index (χ0v) is 14.8. The van der Waals surface area contributed by atoms with Gasteiger partial charge in [0.05, 0.1) is 11.8 Å². The number of pyridine rings is 2. The number of carbonyl (C=O) groups excluding carboxylic acids is 1. The van der Waals surface area contributed by atoms with Crippen molar-refractivity contribution in [3.8, 4) is 0 Å². The van der Waals surface area contributed by atoms with Gasteiger partial charge < -0.3 is 4.90 Å². The molecule has 0 unspecified atom stereocenters. The monoisotopic (exact) mass is 348 g/mol. The quantitative estimate of drug-likeness (QED) is 0.681. The second kappa shape index (κ2) is 8.15. The molecule has 0 fully saturated rings. The highest BCUT2D eigenvalue weighted by Crippen LogP contribution is 2.29. The van der Waals surface area contributed by atoms with E-state index in [9.17, 15) is 4.79 Å². The summed E-state index contributed by atoms with van der Waals surface area (Å²) >= 11 is 0. The standard InChI is InChI=1S/C19H20N6O/c1-3-24(4-2)19(26)15-8-9-17(23-13-15)25(16-7-5-6-10-21-16)18-14-20-11-12-22-18/h5-14H,3-4H2,1-2H3. The van der Waals surface area contributed by atoms with Crippen LogP contribution in [0, 0.1) is 0 Å². The van der Waals surface area contributed by atoms with Gasteiger partial charge in [0.1, 0.15) is 11.6 Å². The van der Waals surface area contributed by atoms with Gasteiger partial charge in [-0.2, -0.15) is 0 Å². The van der Waals surface area contributed by atoms with Crippen molar-refractivity contribution >= 4 is 23.4 Å². The van der Waals surface area contributed by atoms with Crippen LogP contribution in [0.25, 0.3) is 0 Å². The van der Waals surface area contributed by atoms with Gasteiger partial charge in [-0.05, 0) is 38.1 Å². The van der Waals surface area contributed by atoms with E-state index in [0.717, 1.165) is 0 Å². The van der Waals surface area contributed by atoms with Crippen molar-refractivity contribution in [2.75, 3.05) is 18.0 Å². The molecule has 0 aliphatic heterocycles. The smallest absolute Gasteiger partial charge is 0.255 e. The molecule has 0 spiro atoms. The molecule has 0 bridgehead atoms. The van der Waals surface area contributed by atoms with Gasteiger partial charge in [-0.3, -0.25) is 14.7 Å².